The smallest absolute Gasteiger partial charge is 0.306 e. The van der Waals surface area contributed by atoms with Gasteiger partial charge in [-0.05, 0) is 38.0 Å². The Kier molecular flexibility index (Phi) is 6.49. The van der Waals surface area contributed by atoms with Gasteiger partial charge in [0.1, 0.15) is 5.75 Å². The first-order valence-electron chi connectivity index (χ1n) is 6.83. The Bertz CT molecular complexity index is 518. The molecule has 5 nitrogen and oxygen atoms in total. The molecule has 1 aromatic rings. The summed E-state index contributed by atoms with van der Waals surface area (Å²) in [5.41, 5.74) is 0.224. The second-order valence-electron chi connectivity index (χ2n) is 5.21. The summed E-state index contributed by atoms with van der Waals surface area (Å²) in [7, 11) is 0. The minimum atomic E-state index is -0.807. The van der Waals surface area contributed by atoms with E-state index in [0.29, 0.717) is 19.3 Å². The minimum Gasteiger partial charge on any atom is -0.508 e. The van der Waals surface area contributed by atoms with Crippen molar-refractivity contribution in [1.29, 1.82) is 0 Å². The minimum absolute atomic E-state index is 0.0208. The van der Waals surface area contributed by atoms with Crippen LogP contribution in [-0.2, 0) is 4.79 Å². The third-order valence-electron chi connectivity index (χ3n) is 3.27. The lowest BCUT2D eigenvalue weighted by atomic mass is 10.0. The number of phenolic OH excluding ortho intramolecular Hbond substituents is 1. The number of hydrogen-bond donors (Lipinski definition) is 3. The molecule has 0 heterocycles. The summed E-state index contributed by atoms with van der Waals surface area (Å²) >= 11 is 5.92. The number of carbonyl (C=O) groups is 2. The number of nitrogens with one attached hydrogen (secondary N) is 1. The zero-order valence-corrected chi connectivity index (χ0v) is 12.9. The molecule has 1 aromatic carbocycles. The van der Waals surface area contributed by atoms with Crippen LogP contribution in [0.5, 0.6) is 5.75 Å². The molecule has 0 radical (unpaired) electrons. The van der Waals surface area contributed by atoms with E-state index < -0.39 is 5.97 Å². The van der Waals surface area contributed by atoms with Crippen LogP contribution in [0.2, 0.25) is 5.02 Å². The molecule has 2 unspecified atom stereocenters. The maximum absolute atomic E-state index is 12.0. The number of carbonyl (C=O) groups excluding carboxylic acids is 1. The lowest BCUT2D eigenvalue weighted by molar-refractivity contribution is -0.141. The lowest BCUT2D eigenvalue weighted by Gasteiger charge is -2.15. The molecule has 6 heteroatoms. The molecule has 0 fully saturated rings. The van der Waals surface area contributed by atoms with Gasteiger partial charge in [0.25, 0.3) is 5.91 Å². The number of hydrogen-bond acceptors (Lipinski definition) is 3. The second-order valence-corrected chi connectivity index (χ2v) is 5.62. The van der Waals surface area contributed by atoms with Gasteiger partial charge in [0.2, 0.25) is 0 Å². The lowest BCUT2D eigenvalue weighted by Crippen LogP contribution is -2.32. The first-order chi connectivity index (χ1) is 9.81. The summed E-state index contributed by atoms with van der Waals surface area (Å²) in [4.78, 5) is 22.7. The molecule has 1 rings (SSSR count). The molecular formula is C15H20ClNO4. The highest BCUT2D eigenvalue weighted by Gasteiger charge is 2.15. The largest absolute Gasteiger partial charge is 0.508 e. The normalized spacial score (nSPS) is 13.5. The summed E-state index contributed by atoms with van der Waals surface area (Å²) in [5, 5.41) is 21.2. The highest BCUT2D eigenvalue weighted by atomic mass is 35.5. The van der Waals surface area contributed by atoms with Crippen molar-refractivity contribution < 1.29 is 19.8 Å². The van der Waals surface area contributed by atoms with E-state index in [1.54, 1.807) is 6.92 Å². The van der Waals surface area contributed by atoms with Crippen molar-refractivity contribution in [3.8, 4) is 5.75 Å². The molecule has 3 N–H and O–H groups in total. The Morgan fingerprint density at radius 2 is 1.95 bits per heavy atom. The maximum atomic E-state index is 12.0. The highest BCUT2D eigenvalue weighted by Crippen LogP contribution is 2.21. The van der Waals surface area contributed by atoms with Crippen LogP contribution in [0, 0.1) is 5.92 Å². The summed E-state index contributed by atoms with van der Waals surface area (Å²) in [6.45, 7) is 3.51. The van der Waals surface area contributed by atoms with E-state index in [1.165, 1.54) is 18.2 Å². The van der Waals surface area contributed by atoms with Crippen LogP contribution in [0.4, 0.5) is 0 Å². The number of phenols is 1. The number of rotatable bonds is 7. The van der Waals surface area contributed by atoms with Crippen LogP contribution in [-0.4, -0.2) is 28.1 Å². The Labute approximate surface area is 128 Å². The molecule has 1 amide bonds. The summed E-state index contributed by atoms with van der Waals surface area (Å²) in [6.07, 6.45) is 1.96. The third-order valence-corrected chi connectivity index (χ3v) is 3.60. The molecule has 0 bridgehead atoms. The molecule has 0 saturated heterocycles. The van der Waals surface area contributed by atoms with Crippen LogP contribution < -0.4 is 5.32 Å². The van der Waals surface area contributed by atoms with E-state index in [4.69, 9.17) is 16.7 Å². The Balaban J connectivity index is 2.47. The standard InChI is InChI=1S/C15H20ClNO4/c1-9(15(20)21)4-3-5-10(2)17-14(19)12-8-11(18)6-7-13(12)16/h6-10,18H,3-5H2,1-2H3,(H,17,19)(H,20,21). The third kappa shape index (κ3) is 5.63. The molecule has 0 aliphatic carbocycles. The van der Waals surface area contributed by atoms with E-state index in [-0.39, 0.29) is 34.2 Å². The average molecular weight is 314 g/mol. The summed E-state index contributed by atoms with van der Waals surface area (Å²) in [6, 6.07) is 4.09. The SMILES string of the molecule is CC(CCCC(C)C(=O)O)NC(=O)c1cc(O)ccc1Cl. The van der Waals surface area contributed by atoms with Crippen LogP contribution in [0.25, 0.3) is 0 Å². The van der Waals surface area contributed by atoms with Gasteiger partial charge >= 0.3 is 5.97 Å². The number of amides is 1. The summed E-state index contributed by atoms with van der Waals surface area (Å²) in [5.74, 6) is -1.56. The van der Waals surface area contributed by atoms with Crippen molar-refractivity contribution >= 4 is 23.5 Å². The van der Waals surface area contributed by atoms with Crippen molar-refractivity contribution in [2.24, 2.45) is 5.92 Å². The monoisotopic (exact) mass is 313 g/mol. The number of aliphatic carboxylic acids is 1. The molecule has 116 valence electrons. The first-order valence-corrected chi connectivity index (χ1v) is 7.21. The molecule has 0 aromatic heterocycles. The van der Waals surface area contributed by atoms with E-state index in [9.17, 15) is 14.7 Å². The van der Waals surface area contributed by atoms with Gasteiger partial charge in [-0.25, -0.2) is 0 Å². The average Bonchev–Trinajstić information content (AvgIpc) is 2.41. The molecule has 21 heavy (non-hydrogen) atoms. The Morgan fingerprint density at radius 1 is 1.29 bits per heavy atom. The van der Waals surface area contributed by atoms with Crippen molar-refractivity contribution in [2.75, 3.05) is 0 Å². The number of carboxylic acids is 1. The van der Waals surface area contributed by atoms with Gasteiger partial charge in [0.05, 0.1) is 16.5 Å². The molecule has 0 spiro atoms. The van der Waals surface area contributed by atoms with E-state index >= 15 is 0 Å². The van der Waals surface area contributed by atoms with Gasteiger partial charge in [-0.1, -0.05) is 24.9 Å². The van der Waals surface area contributed by atoms with Crippen LogP contribution >= 0.6 is 11.6 Å². The van der Waals surface area contributed by atoms with Crippen molar-refractivity contribution in [1.82, 2.24) is 5.32 Å². The first kappa shape index (κ1) is 17.3. The van der Waals surface area contributed by atoms with Crippen molar-refractivity contribution in [3.63, 3.8) is 0 Å². The molecule has 0 aliphatic heterocycles. The predicted molar refractivity (Wildman–Crippen MR) is 80.7 cm³/mol. The second kappa shape index (κ2) is 7.88. The van der Waals surface area contributed by atoms with Crippen molar-refractivity contribution in [2.45, 2.75) is 39.2 Å². The molecule has 0 saturated carbocycles. The predicted octanol–water partition coefficient (Wildman–Crippen LogP) is 3.05. The highest BCUT2D eigenvalue weighted by molar-refractivity contribution is 6.33. The van der Waals surface area contributed by atoms with Crippen molar-refractivity contribution in [3.05, 3.63) is 28.8 Å². The van der Waals surface area contributed by atoms with Gasteiger partial charge in [0.15, 0.2) is 0 Å². The number of halogens is 1. The Morgan fingerprint density at radius 3 is 2.57 bits per heavy atom. The van der Waals surface area contributed by atoms with Crippen LogP contribution in [0.15, 0.2) is 18.2 Å². The van der Waals surface area contributed by atoms with E-state index in [1.807, 2.05) is 6.92 Å². The zero-order chi connectivity index (χ0) is 16.0. The molecule has 0 aliphatic rings. The van der Waals surface area contributed by atoms with Gasteiger partial charge in [0, 0.05) is 6.04 Å². The number of benzene rings is 1. The number of carboxylic acid groups (broad SMARTS) is 1. The van der Waals surface area contributed by atoms with Gasteiger partial charge in [-0.15, -0.1) is 0 Å². The van der Waals surface area contributed by atoms with E-state index in [0.717, 1.165) is 0 Å². The summed E-state index contributed by atoms with van der Waals surface area (Å²) < 4.78 is 0. The zero-order valence-electron chi connectivity index (χ0n) is 12.1. The van der Waals surface area contributed by atoms with E-state index in [2.05, 4.69) is 5.32 Å². The van der Waals surface area contributed by atoms with Crippen LogP contribution in [0.1, 0.15) is 43.5 Å². The topological polar surface area (TPSA) is 86.6 Å². The fourth-order valence-corrected chi connectivity index (χ4v) is 2.12. The molecular weight excluding hydrogens is 294 g/mol. The Hall–Kier alpha value is -1.75. The maximum Gasteiger partial charge on any atom is 0.306 e. The van der Waals surface area contributed by atoms with Gasteiger partial charge < -0.3 is 15.5 Å². The van der Waals surface area contributed by atoms with Gasteiger partial charge in [-0.3, -0.25) is 9.59 Å². The van der Waals surface area contributed by atoms with Crippen LogP contribution in [0.3, 0.4) is 0 Å². The van der Waals surface area contributed by atoms with Gasteiger partial charge in [-0.2, -0.15) is 0 Å². The fourth-order valence-electron chi connectivity index (χ4n) is 1.91. The fraction of sp³-hybridized carbons (Fsp3) is 0.467. The molecule has 2 atom stereocenters. The quantitative estimate of drug-likeness (QED) is 0.722. The number of aromatic hydroxyl groups is 1.